The molecule has 29 heavy (non-hydrogen) atoms. The SMILES string of the molecule is O=C(COC(=O)c1ccc(S(=O)(=O)N2CCCC2)cc1)NCc1ccccc1F. The van der Waals surface area contributed by atoms with Crippen LogP contribution in [0.5, 0.6) is 0 Å². The van der Waals surface area contributed by atoms with Gasteiger partial charge in [0, 0.05) is 25.2 Å². The van der Waals surface area contributed by atoms with E-state index in [0.29, 0.717) is 18.7 Å². The Labute approximate surface area is 168 Å². The van der Waals surface area contributed by atoms with Crippen LogP contribution in [0.2, 0.25) is 0 Å². The van der Waals surface area contributed by atoms with E-state index in [1.165, 1.54) is 34.6 Å². The molecule has 7 nitrogen and oxygen atoms in total. The summed E-state index contributed by atoms with van der Waals surface area (Å²) in [5.74, 6) is -1.76. The van der Waals surface area contributed by atoms with Crippen molar-refractivity contribution in [2.45, 2.75) is 24.3 Å². The maximum atomic E-state index is 13.5. The van der Waals surface area contributed by atoms with Crippen LogP contribution in [0, 0.1) is 5.82 Å². The van der Waals surface area contributed by atoms with Crippen LogP contribution in [-0.2, 0) is 26.1 Å². The van der Waals surface area contributed by atoms with E-state index in [2.05, 4.69) is 5.32 Å². The maximum absolute atomic E-state index is 13.5. The average molecular weight is 420 g/mol. The van der Waals surface area contributed by atoms with Gasteiger partial charge >= 0.3 is 5.97 Å². The van der Waals surface area contributed by atoms with Gasteiger partial charge in [-0.1, -0.05) is 18.2 Å². The summed E-state index contributed by atoms with van der Waals surface area (Å²) in [5, 5.41) is 2.47. The number of rotatable bonds is 7. The number of carbonyl (C=O) groups is 2. The molecule has 0 aromatic heterocycles. The zero-order chi connectivity index (χ0) is 20.9. The van der Waals surface area contributed by atoms with Crippen molar-refractivity contribution in [3.05, 3.63) is 65.5 Å². The van der Waals surface area contributed by atoms with Crippen molar-refractivity contribution >= 4 is 21.9 Å². The Morgan fingerprint density at radius 1 is 1.03 bits per heavy atom. The van der Waals surface area contributed by atoms with E-state index in [1.807, 2.05) is 0 Å². The molecule has 0 spiro atoms. The number of esters is 1. The van der Waals surface area contributed by atoms with Gasteiger partial charge in [-0.25, -0.2) is 17.6 Å². The molecule has 1 heterocycles. The molecule has 1 amide bonds. The van der Waals surface area contributed by atoms with Gasteiger partial charge in [0.1, 0.15) is 5.82 Å². The van der Waals surface area contributed by atoms with Gasteiger partial charge in [-0.3, -0.25) is 4.79 Å². The molecule has 0 radical (unpaired) electrons. The van der Waals surface area contributed by atoms with Gasteiger partial charge in [0.2, 0.25) is 10.0 Å². The van der Waals surface area contributed by atoms with Crippen LogP contribution in [0.3, 0.4) is 0 Å². The topological polar surface area (TPSA) is 92.8 Å². The number of hydrogen-bond acceptors (Lipinski definition) is 5. The molecule has 0 bridgehead atoms. The Kier molecular flexibility index (Phi) is 6.60. The van der Waals surface area contributed by atoms with Gasteiger partial charge in [0.15, 0.2) is 6.61 Å². The van der Waals surface area contributed by atoms with Crippen LogP contribution in [0.25, 0.3) is 0 Å². The second-order valence-corrected chi connectivity index (χ2v) is 8.52. The van der Waals surface area contributed by atoms with Gasteiger partial charge < -0.3 is 10.1 Å². The first-order valence-electron chi connectivity index (χ1n) is 9.15. The van der Waals surface area contributed by atoms with Crippen molar-refractivity contribution in [3.63, 3.8) is 0 Å². The predicted octanol–water partition coefficient (Wildman–Crippen LogP) is 2.08. The van der Waals surface area contributed by atoms with E-state index in [9.17, 15) is 22.4 Å². The van der Waals surface area contributed by atoms with Gasteiger partial charge in [-0.05, 0) is 43.2 Å². The van der Waals surface area contributed by atoms with Gasteiger partial charge in [-0.15, -0.1) is 0 Å². The first-order chi connectivity index (χ1) is 13.9. The molecule has 2 aromatic carbocycles. The third-order valence-corrected chi connectivity index (χ3v) is 6.47. The van der Waals surface area contributed by atoms with Crippen molar-refractivity contribution in [3.8, 4) is 0 Å². The van der Waals surface area contributed by atoms with Crippen LogP contribution >= 0.6 is 0 Å². The molecule has 0 saturated carbocycles. The molecule has 2 aromatic rings. The fourth-order valence-corrected chi connectivity index (χ4v) is 4.46. The summed E-state index contributed by atoms with van der Waals surface area (Å²) in [6, 6.07) is 11.4. The first kappa shape index (κ1) is 20.9. The van der Waals surface area contributed by atoms with E-state index >= 15 is 0 Å². The van der Waals surface area contributed by atoms with Crippen LogP contribution in [-0.4, -0.2) is 44.3 Å². The molecular formula is C20H21FN2O5S. The minimum atomic E-state index is -3.56. The second kappa shape index (κ2) is 9.15. The molecule has 0 aliphatic carbocycles. The molecule has 1 N–H and O–H groups in total. The fourth-order valence-electron chi connectivity index (χ4n) is 2.94. The second-order valence-electron chi connectivity index (χ2n) is 6.58. The van der Waals surface area contributed by atoms with Gasteiger partial charge in [0.05, 0.1) is 10.5 Å². The Bertz CT molecular complexity index is 986. The number of sulfonamides is 1. The number of hydrogen-bond donors (Lipinski definition) is 1. The molecule has 1 fully saturated rings. The van der Waals surface area contributed by atoms with Gasteiger partial charge in [-0.2, -0.15) is 4.31 Å². The Hall–Kier alpha value is -2.78. The van der Waals surface area contributed by atoms with E-state index in [1.54, 1.807) is 18.2 Å². The van der Waals surface area contributed by atoms with Crippen LogP contribution in [0.1, 0.15) is 28.8 Å². The predicted molar refractivity (Wildman–Crippen MR) is 103 cm³/mol. The highest BCUT2D eigenvalue weighted by Crippen LogP contribution is 2.21. The Morgan fingerprint density at radius 3 is 2.34 bits per heavy atom. The van der Waals surface area contributed by atoms with Crippen LogP contribution in [0.15, 0.2) is 53.4 Å². The maximum Gasteiger partial charge on any atom is 0.338 e. The highest BCUT2D eigenvalue weighted by Gasteiger charge is 2.27. The monoisotopic (exact) mass is 420 g/mol. The zero-order valence-corrected chi connectivity index (χ0v) is 16.5. The third kappa shape index (κ3) is 5.18. The lowest BCUT2D eigenvalue weighted by Crippen LogP contribution is -2.29. The molecule has 0 atom stereocenters. The number of halogens is 1. The molecular weight excluding hydrogens is 399 g/mol. The Morgan fingerprint density at radius 2 is 1.69 bits per heavy atom. The summed E-state index contributed by atoms with van der Waals surface area (Å²) in [7, 11) is -3.56. The van der Waals surface area contributed by atoms with Crippen LogP contribution in [0.4, 0.5) is 4.39 Å². The lowest BCUT2D eigenvalue weighted by molar-refractivity contribution is -0.124. The fraction of sp³-hybridized carbons (Fsp3) is 0.300. The van der Waals surface area contributed by atoms with E-state index in [4.69, 9.17) is 4.74 Å². The minimum Gasteiger partial charge on any atom is -0.452 e. The zero-order valence-electron chi connectivity index (χ0n) is 15.6. The normalized spacial score (nSPS) is 14.5. The largest absolute Gasteiger partial charge is 0.452 e. The molecule has 9 heteroatoms. The molecule has 1 aliphatic heterocycles. The van der Waals surface area contributed by atoms with E-state index in [-0.39, 0.29) is 17.0 Å². The standard InChI is InChI=1S/C20H21FN2O5S/c21-18-6-2-1-5-16(18)13-22-19(24)14-28-20(25)15-7-9-17(10-8-15)29(26,27)23-11-3-4-12-23/h1-2,5-10H,3-4,11-14H2,(H,22,24). The lowest BCUT2D eigenvalue weighted by atomic mass is 10.2. The van der Waals surface area contributed by atoms with Gasteiger partial charge in [0.25, 0.3) is 5.91 Å². The summed E-state index contributed by atoms with van der Waals surface area (Å²) in [6.07, 6.45) is 1.67. The highest BCUT2D eigenvalue weighted by molar-refractivity contribution is 7.89. The summed E-state index contributed by atoms with van der Waals surface area (Å²) in [5.41, 5.74) is 0.453. The van der Waals surface area contributed by atoms with E-state index in [0.717, 1.165) is 12.8 Å². The van der Waals surface area contributed by atoms with Crippen molar-refractivity contribution in [1.29, 1.82) is 0 Å². The molecule has 1 saturated heterocycles. The number of benzene rings is 2. The molecule has 0 unspecified atom stereocenters. The third-order valence-electron chi connectivity index (χ3n) is 4.56. The van der Waals surface area contributed by atoms with Crippen molar-refractivity contribution in [1.82, 2.24) is 9.62 Å². The average Bonchev–Trinajstić information content (AvgIpc) is 3.27. The summed E-state index contributed by atoms with van der Waals surface area (Å²) in [6.45, 7) is 0.440. The van der Waals surface area contributed by atoms with Crippen molar-refractivity contribution in [2.75, 3.05) is 19.7 Å². The number of nitrogens with one attached hydrogen (secondary N) is 1. The Balaban J connectivity index is 1.51. The molecule has 3 rings (SSSR count). The minimum absolute atomic E-state index is 0.0217. The number of ether oxygens (including phenoxy) is 1. The number of carbonyl (C=O) groups excluding carboxylic acids is 2. The number of amides is 1. The lowest BCUT2D eigenvalue weighted by Gasteiger charge is -2.15. The quantitative estimate of drug-likeness (QED) is 0.693. The summed E-state index contributed by atoms with van der Waals surface area (Å²) in [4.78, 5) is 24.0. The van der Waals surface area contributed by atoms with Crippen molar-refractivity contribution in [2.24, 2.45) is 0 Å². The molecule has 1 aliphatic rings. The first-order valence-corrected chi connectivity index (χ1v) is 10.6. The number of nitrogens with zero attached hydrogens (tertiary/aromatic N) is 1. The van der Waals surface area contributed by atoms with Crippen molar-refractivity contribution < 1.29 is 27.1 Å². The summed E-state index contributed by atoms with van der Waals surface area (Å²) < 4.78 is 44.8. The van der Waals surface area contributed by atoms with E-state index < -0.39 is 34.3 Å². The highest BCUT2D eigenvalue weighted by atomic mass is 32.2. The molecule has 154 valence electrons. The summed E-state index contributed by atoms with van der Waals surface area (Å²) >= 11 is 0. The smallest absolute Gasteiger partial charge is 0.338 e. The van der Waals surface area contributed by atoms with Crippen LogP contribution < -0.4 is 5.32 Å².